The molecule has 2 aromatic rings. The van der Waals surface area contributed by atoms with E-state index >= 15 is 0 Å². The zero-order valence-corrected chi connectivity index (χ0v) is 14.2. The van der Waals surface area contributed by atoms with E-state index in [0.29, 0.717) is 0 Å². The summed E-state index contributed by atoms with van der Waals surface area (Å²) >= 11 is 0. The molecule has 1 saturated heterocycles. The van der Waals surface area contributed by atoms with Crippen LogP contribution >= 0.6 is 0 Å². The van der Waals surface area contributed by atoms with Crippen LogP contribution in [0, 0.1) is 17.6 Å². The third-order valence-corrected chi connectivity index (χ3v) is 4.98. The highest BCUT2D eigenvalue weighted by atomic mass is 19.1. The van der Waals surface area contributed by atoms with E-state index in [4.69, 9.17) is 0 Å². The van der Waals surface area contributed by atoms with Crippen molar-refractivity contribution < 1.29 is 23.5 Å². The summed E-state index contributed by atoms with van der Waals surface area (Å²) in [5.74, 6) is -5.15. The van der Waals surface area contributed by atoms with Crippen LogP contribution in [0.1, 0.15) is 29.9 Å². The lowest BCUT2D eigenvalue weighted by Crippen LogP contribution is -2.33. The minimum absolute atomic E-state index is 0.0220. The summed E-state index contributed by atoms with van der Waals surface area (Å²) in [4.78, 5) is 25.8. The Balaban J connectivity index is 1.85. The minimum Gasteiger partial charge on any atom is -0.481 e. The second kappa shape index (κ2) is 7.23. The first kappa shape index (κ1) is 18.0. The van der Waals surface area contributed by atoms with Crippen LogP contribution < -0.4 is 0 Å². The summed E-state index contributed by atoms with van der Waals surface area (Å²) in [6, 6.07) is 12.6. The molecular weight excluding hydrogens is 340 g/mol. The van der Waals surface area contributed by atoms with E-state index < -0.39 is 35.3 Å². The first-order valence-electron chi connectivity index (χ1n) is 8.40. The van der Waals surface area contributed by atoms with Crippen molar-refractivity contribution in [3.05, 3.63) is 71.3 Å². The largest absolute Gasteiger partial charge is 0.481 e. The molecule has 136 valence electrons. The third-order valence-electron chi connectivity index (χ3n) is 4.98. The zero-order chi connectivity index (χ0) is 18.8. The number of carboxylic acids is 1. The number of carbonyl (C=O) groups is 2. The molecule has 0 radical (unpaired) electrons. The van der Waals surface area contributed by atoms with Crippen LogP contribution in [0.15, 0.2) is 48.5 Å². The van der Waals surface area contributed by atoms with Crippen molar-refractivity contribution in [2.75, 3.05) is 13.1 Å². The molecule has 1 aliphatic heterocycles. The van der Waals surface area contributed by atoms with Gasteiger partial charge in [-0.25, -0.2) is 8.78 Å². The molecule has 0 bridgehead atoms. The lowest BCUT2D eigenvalue weighted by Gasteiger charge is -2.22. The van der Waals surface area contributed by atoms with Crippen LogP contribution in [0.5, 0.6) is 0 Å². The van der Waals surface area contributed by atoms with Crippen LogP contribution in [0.2, 0.25) is 0 Å². The van der Waals surface area contributed by atoms with E-state index in [1.807, 2.05) is 30.3 Å². The van der Waals surface area contributed by atoms with E-state index in [0.717, 1.165) is 17.7 Å². The maximum absolute atomic E-state index is 14.0. The number of carboxylic acid groups (broad SMARTS) is 1. The Kier molecular flexibility index (Phi) is 5.02. The molecule has 1 N–H and O–H groups in total. The highest BCUT2D eigenvalue weighted by Crippen LogP contribution is 2.35. The van der Waals surface area contributed by atoms with Gasteiger partial charge in [-0.3, -0.25) is 9.59 Å². The van der Waals surface area contributed by atoms with Crippen molar-refractivity contribution in [1.29, 1.82) is 0 Å². The molecule has 26 heavy (non-hydrogen) atoms. The van der Waals surface area contributed by atoms with Crippen molar-refractivity contribution in [3.8, 4) is 0 Å². The standard InChI is InChI=1S/C20H19F2NO3/c1-12(18-16(21)8-5-9-17(18)22)19(24)23-10-14(15(11-23)20(25)26)13-6-3-2-4-7-13/h2-9,12,14-15H,10-11H2,1H3,(H,25,26)/t12?,14-,15-/m0/s1. The molecule has 6 heteroatoms. The Bertz CT molecular complexity index is 805. The maximum atomic E-state index is 14.0. The fourth-order valence-corrected chi connectivity index (χ4v) is 3.59. The number of amides is 1. The van der Waals surface area contributed by atoms with Crippen molar-refractivity contribution >= 4 is 11.9 Å². The van der Waals surface area contributed by atoms with Gasteiger partial charge >= 0.3 is 5.97 Å². The minimum atomic E-state index is -1.03. The smallest absolute Gasteiger partial charge is 0.308 e. The van der Waals surface area contributed by atoms with Crippen LogP contribution in [0.4, 0.5) is 8.78 Å². The van der Waals surface area contributed by atoms with E-state index in [1.54, 1.807) is 0 Å². The molecule has 2 aromatic carbocycles. The molecule has 0 spiro atoms. The van der Waals surface area contributed by atoms with Gasteiger partial charge in [0, 0.05) is 24.6 Å². The van der Waals surface area contributed by atoms with Gasteiger partial charge in [-0.2, -0.15) is 0 Å². The SMILES string of the molecule is CC(C(=O)N1C[C@H](C(=O)O)[C@H](c2ccccc2)C1)c1c(F)cccc1F. The lowest BCUT2D eigenvalue weighted by atomic mass is 9.89. The summed E-state index contributed by atoms with van der Waals surface area (Å²) in [5.41, 5.74) is 0.549. The molecule has 4 nitrogen and oxygen atoms in total. The van der Waals surface area contributed by atoms with Crippen LogP contribution in [-0.2, 0) is 9.59 Å². The van der Waals surface area contributed by atoms with E-state index in [-0.39, 0.29) is 24.6 Å². The molecule has 3 atom stereocenters. The monoisotopic (exact) mass is 359 g/mol. The number of halogens is 2. The number of hydrogen-bond acceptors (Lipinski definition) is 2. The van der Waals surface area contributed by atoms with Gasteiger partial charge in [0.1, 0.15) is 11.6 Å². The molecule has 1 fully saturated rings. The van der Waals surface area contributed by atoms with Gasteiger partial charge in [-0.1, -0.05) is 36.4 Å². The molecule has 1 amide bonds. The van der Waals surface area contributed by atoms with Crippen molar-refractivity contribution in [2.45, 2.75) is 18.8 Å². The van der Waals surface area contributed by atoms with Gasteiger partial charge in [-0.05, 0) is 24.6 Å². The fourth-order valence-electron chi connectivity index (χ4n) is 3.59. The number of aliphatic carboxylic acids is 1. The Morgan fingerprint density at radius 3 is 2.23 bits per heavy atom. The molecular formula is C20H19F2NO3. The summed E-state index contributed by atoms with van der Waals surface area (Å²) in [5, 5.41) is 9.53. The Morgan fingerprint density at radius 1 is 1.04 bits per heavy atom. The summed E-state index contributed by atoms with van der Waals surface area (Å²) < 4.78 is 28.0. The van der Waals surface area contributed by atoms with Crippen LogP contribution in [-0.4, -0.2) is 35.0 Å². The van der Waals surface area contributed by atoms with E-state index in [2.05, 4.69) is 0 Å². The Hall–Kier alpha value is -2.76. The molecule has 0 saturated carbocycles. The van der Waals surface area contributed by atoms with Gasteiger partial charge in [0.15, 0.2) is 0 Å². The topological polar surface area (TPSA) is 57.6 Å². The highest BCUT2D eigenvalue weighted by Gasteiger charge is 2.42. The number of carbonyl (C=O) groups excluding carboxylic acids is 1. The normalized spacial score (nSPS) is 20.8. The molecule has 1 unspecified atom stereocenters. The van der Waals surface area contributed by atoms with Gasteiger partial charge in [-0.15, -0.1) is 0 Å². The molecule has 1 heterocycles. The Morgan fingerprint density at radius 2 is 1.65 bits per heavy atom. The summed E-state index contributed by atoms with van der Waals surface area (Å²) in [7, 11) is 0. The zero-order valence-electron chi connectivity index (χ0n) is 14.2. The second-order valence-electron chi connectivity index (χ2n) is 6.56. The fraction of sp³-hybridized carbons (Fsp3) is 0.300. The predicted octanol–water partition coefficient (Wildman–Crippen LogP) is 3.40. The highest BCUT2D eigenvalue weighted by molar-refractivity contribution is 5.85. The Labute approximate surface area is 150 Å². The van der Waals surface area contributed by atoms with E-state index in [1.165, 1.54) is 17.9 Å². The van der Waals surface area contributed by atoms with Gasteiger partial charge in [0.2, 0.25) is 5.91 Å². The average Bonchev–Trinajstić information content (AvgIpc) is 3.07. The first-order valence-corrected chi connectivity index (χ1v) is 8.40. The van der Waals surface area contributed by atoms with Gasteiger partial charge < -0.3 is 10.0 Å². The number of likely N-dealkylation sites (tertiary alicyclic amines) is 1. The maximum Gasteiger partial charge on any atom is 0.308 e. The second-order valence-corrected chi connectivity index (χ2v) is 6.56. The van der Waals surface area contributed by atoms with Crippen LogP contribution in [0.3, 0.4) is 0 Å². The van der Waals surface area contributed by atoms with Crippen molar-refractivity contribution in [1.82, 2.24) is 4.90 Å². The van der Waals surface area contributed by atoms with Crippen LogP contribution in [0.25, 0.3) is 0 Å². The number of nitrogens with zero attached hydrogens (tertiary/aromatic N) is 1. The first-order chi connectivity index (χ1) is 12.4. The molecule has 0 aliphatic carbocycles. The number of benzene rings is 2. The van der Waals surface area contributed by atoms with Crippen molar-refractivity contribution in [2.24, 2.45) is 5.92 Å². The predicted molar refractivity (Wildman–Crippen MR) is 91.7 cm³/mol. The van der Waals surface area contributed by atoms with Gasteiger partial charge in [0.05, 0.1) is 11.8 Å². The van der Waals surface area contributed by atoms with Gasteiger partial charge in [0.25, 0.3) is 0 Å². The number of hydrogen-bond donors (Lipinski definition) is 1. The summed E-state index contributed by atoms with van der Waals surface area (Å²) in [6.07, 6.45) is 0. The third kappa shape index (κ3) is 3.31. The molecule has 1 aliphatic rings. The number of rotatable bonds is 4. The average molecular weight is 359 g/mol. The van der Waals surface area contributed by atoms with Crippen molar-refractivity contribution in [3.63, 3.8) is 0 Å². The molecule has 3 rings (SSSR count). The summed E-state index contributed by atoms with van der Waals surface area (Å²) in [6.45, 7) is 1.67. The van der Waals surface area contributed by atoms with E-state index in [9.17, 15) is 23.5 Å². The molecule has 0 aromatic heterocycles. The lowest BCUT2D eigenvalue weighted by molar-refractivity contribution is -0.142. The quantitative estimate of drug-likeness (QED) is 0.910.